The van der Waals surface area contributed by atoms with E-state index in [-0.39, 0.29) is 5.38 Å². The number of imidazole rings is 1. The molecular weight excluding hydrogens is 340 g/mol. The summed E-state index contributed by atoms with van der Waals surface area (Å²) >= 11 is 8.30. The highest BCUT2D eigenvalue weighted by Gasteiger charge is 2.08. The molecule has 3 aromatic rings. The third kappa shape index (κ3) is 4.56. The van der Waals surface area contributed by atoms with Gasteiger partial charge in [-0.05, 0) is 35.4 Å². The highest BCUT2D eigenvalue weighted by atomic mass is 35.5. The van der Waals surface area contributed by atoms with E-state index in [2.05, 4.69) is 41.4 Å². The largest absolute Gasteiger partial charge is 0.497 e. The summed E-state index contributed by atoms with van der Waals surface area (Å²) in [5, 5.41) is -0.0557. The van der Waals surface area contributed by atoms with Gasteiger partial charge in [-0.3, -0.25) is 0 Å². The second-order valence-corrected chi connectivity index (χ2v) is 7.01. The Morgan fingerprint density at radius 2 is 1.88 bits per heavy atom. The minimum absolute atomic E-state index is 0.0557. The lowest BCUT2D eigenvalue weighted by Gasteiger charge is -2.11. The van der Waals surface area contributed by atoms with Crippen molar-refractivity contribution >= 4 is 23.4 Å². The average molecular weight is 359 g/mol. The molecule has 0 aliphatic heterocycles. The average Bonchev–Trinajstić information content (AvgIpc) is 3.14. The third-order valence-corrected chi connectivity index (χ3v) is 5.21. The molecule has 0 radical (unpaired) electrons. The zero-order valence-corrected chi connectivity index (χ0v) is 15.0. The standard InChI is InChI=1S/C19H19ClN2OS/c1-23-17-6-2-15(3-7-17)13-24-18-8-4-16(5-9-18)19(20)12-22-11-10-21-14-22/h2-11,14,19H,12-13H2,1H3. The zero-order chi connectivity index (χ0) is 16.8. The monoisotopic (exact) mass is 358 g/mol. The van der Waals surface area contributed by atoms with Crippen molar-refractivity contribution in [3.63, 3.8) is 0 Å². The first-order chi connectivity index (χ1) is 11.7. The summed E-state index contributed by atoms with van der Waals surface area (Å²) in [6.07, 6.45) is 5.48. The van der Waals surface area contributed by atoms with Crippen molar-refractivity contribution in [2.24, 2.45) is 0 Å². The summed E-state index contributed by atoms with van der Waals surface area (Å²) in [6, 6.07) is 16.6. The first-order valence-electron chi connectivity index (χ1n) is 7.70. The van der Waals surface area contributed by atoms with E-state index in [0.29, 0.717) is 0 Å². The topological polar surface area (TPSA) is 27.1 Å². The Morgan fingerprint density at radius 3 is 2.50 bits per heavy atom. The number of thioether (sulfide) groups is 1. The van der Waals surface area contributed by atoms with Crippen molar-refractivity contribution in [1.29, 1.82) is 0 Å². The molecular formula is C19H19ClN2OS. The minimum atomic E-state index is -0.0557. The summed E-state index contributed by atoms with van der Waals surface area (Å²) in [5.41, 5.74) is 2.40. The molecule has 0 amide bonds. The second kappa shape index (κ2) is 8.27. The van der Waals surface area contributed by atoms with Crippen LogP contribution in [0.3, 0.4) is 0 Å². The van der Waals surface area contributed by atoms with E-state index in [1.165, 1.54) is 10.5 Å². The van der Waals surface area contributed by atoms with Crippen molar-refractivity contribution < 1.29 is 4.74 Å². The van der Waals surface area contributed by atoms with Crippen LogP contribution in [0.1, 0.15) is 16.5 Å². The number of aromatic nitrogens is 2. The Balaban J connectivity index is 1.55. The Morgan fingerprint density at radius 1 is 1.12 bits per heavy atom. The molecule has 5 heteroatoms. The molecule has 124 valence electrons. The van der Waals surface area contributed by atoms with Crippen molar-refractivity contribution in [3.05, 3.63) is 78.4 Å². The van der Waals surface area contributed by atoms with E-state index < -0.39 is 0 Å². The lowest BCUT2D eigenvalue weighted by molar-refractivity contribution is 0.414. The van der Waals surface area contributed by atoms with Crippen LogP contribution in [0.2, 0.25) is 0 Å². The predicted octanol–water partition coefficient (Wildman–Crippen LogP) is 5.16. The van der Waals surface area contributed by atoms with Crippen LogP contribution < -0.4 is 4.74 Å². The maximum Gasteiger partial charge on any atom is 0.118 e. The summed E-state index contributed by atoms with van der Waals surface area (Å²) in [6.45, 7) is 0.722. The number of hydrogen-bond donors (Lipinski definition) is 0. The molecule has 0 fully saturated rings. The number of halogens is 1. The van der Waals surface area contributed by atoms with Gasteiger partial charge < -0.3 is 9.30 Å². The fourth-order valence-corrected chi connectivity index (χ4v) is 3.51. The van der Waals surface area contributed by atoms with Gasteiger partial charge in [0.1, 0.15) is 5.75 Å². The highest BCUT2D eigenvalue weighted by Crippen LogP contribution is 2.28. The van der Waals surface area contributed by atoms with Gasteiger partial charge in [-0.1, -0.05) is 24.3 Å². The van der Waals surface area contributed by atoms with Gasteiger partial charge in [-0.15, -0.1) is 23.4 Å². The van der Waals surface area contributed by atoms with Crippen LogP contribution in [0.25, 0.3) is 0 Å². The quantitative estimate of drug-likeness (QED) is 0.431. The zero-order valence-electron chi connectivity index (χ0n) is 13.4. The van der Waals surface area contributed by atoms with Crippen LogP contribution in [-0.4, -0.2) is 16.7 Å². The molecule has 0 bridgehead atoms. The maximum atomic E-state index is 6.48. The smallest absolute Gasteiger partial charge is 0.118 e. The molecule has 2 aromatic carbocycles. The van der Waals surface area contributed by atoms with Gasteiger partial charge in [0.15, 0.2) is 0 Å². The van der Waals surface area contributed by atoms with Crippen molar-refractivity contribution in [2.75, 3.05) is 7.11 Å². The number of ether oxygens (including phenoxy) is 1. The fraction of sp³-hybridized carbons (Fsp3) is 0.211. The van der Waals surface area contributed by atoms with E-state index in [9.17, 15) is 0 Å². The van der Waals surface area contributed by atoms with Gasteiger partial charge >= 0.3 is 0 Å². The molecule has 1 aromatic heterocycles. The minimum Gasteiger partial charge on any atom is -0.497 e. The van der Waals surface area contributed by atoms with Crippen molar-refractivity contribution in [1.82, 2.24) is 9.55 Å². The van der Waals surface area contributed by atoms with Crippen LogP contribution in [0.5, 0.6) is 5.75 Å². The van der Waals surface area contributed by atoms with Crippen molar-refractivity contribution in [2.45, 2.75) is 22.6 Å². The van der Waals surface area contributed by atoms with Crippen LogP contribution in [-0.2, 0) is 12.3 Å². The molecule has 3 nitrogen and oxygen atoms in total. The maximum absolute atomic E-state index is 6.48. The Labute approximate surface area is 151 Å². The summed E-state index contributed by atoms with van der Waals surface area (Å²) in [4.78, 5) is 5.28. The molecule has 1 heterocycles. The molecule has 1 unspecified atom stereocenters. The van der Waals surface area contributed by atoms with Crippen LogP contribution in [0.4, 0.5) is 0 Å². The number of rotatable bonds is 7. The van der Waals surface area contributed by atoms with Gasteiger partial charge in [-0.2, -0.15) is 0 Å². The number of methoxy groups -OCH3 is 1. The molecule has 0 N–H and O–H groups in total. The molecule has 0 spiro atoms. The van der Waals surface area contributed by atoms with Crippen LogP contribution in [0.15, 0.2) is 72.1 Å². The van der Waals surface area contributed by atoms with Crippen LogP contribution in [0, 0.1) is 0 Å². The lowest BCUT2D eigenvalue weighted by atomic mass is 10.1. The Bertz CT molecular complexity index is 742. The SMILES string of the molecule is COc1ccc(CSc2ccc(C(Cl)Cn3ccnc3)cc2)cc1. The Hall–Kier alpha value is -1.91. The Kier molecular flexibility index (Phi) is 5.83. The van der Waals surface area contributed by atoms with Crippen LogP contribution >= 0.6 is 23.4 Å². The fourth-order valence-electron chi connectivity index (χ4n) is 2.35. The van der Waals surface area contributed by atoms with Gasteiger partial charge in [0.25, 0.3) is 0 Å². The third-order valence-electron chi connectivity index (χ3n) is 3.74. The van der Waals surface area contributed by atoms with E-state index in [1.807, 2.05) is 34.7 Å². The number of hydrogen-bond acceptors (Lipinski definition) is 3. The molecule has 24 heavy (non-hydrogen) atoms. The molecule has 1 atom stereocenters. The van der Waals surface area contributed by atoms with Gasteiger partial charge in [-0.25, -0.2) is 4.98 Å². The lowest BCUT2D eigenvalue weighted by Crippen LogP contribution is -2.02. The van der Waals surface area contributed by atoms with E-state index in [1.54, 1.807) is 19.6 Å². The molecule has 0 saturated carbocycles. The van der Waals surface area contributed by atoms with Crippen molar-refractivity contribution in [3.8, 4) is 5.75 Å². The second-order valence-electron chi connectivity index (χ2n) is 5.43. The summed E-state index contributed by atoms with van der Waals surface area (Å²) < 4.78 is 7.17. The number of nitrogens with zero attached hydrogens (tertiary/aromatic N) is 2. The normalized spacial score (nSPS) is 12.1. The molecule has 0 saturated heterocycles. The van der Waals surface area contributed by atoms with E-state index >= 15 is 0 Å². The van der Waals surface area contributed by atoms with Gasteiger partial charge in [0.2, 0.25) is 0 Å². The first-order valence-corrected chi connectivity index (χ1v) is 9.12. The number of alkyl halides is 1. The van der Waals surface area contributed by atoms with Gasteiger partial charge in [0.05, 0.1) is 18.8 Å². The van der Waals surface area contributed by atoms with E-state index in [0.717, 1.165) is 23.6 Å². The van der Waals surface area contributed by atoms with Gasteiger partial charge in [0, 0.05) is 29.6 Å². The predicted molar refractivity (Wildman–Crippen MR) is 99.8 cm³/mol. The molecule has 3 rings (SSSR count). The first kappa shape index (κ1) is 16.9. The van der Waals surface area contributed by atoms with E-state index in [4.69, 9.17) is 16.3 Å². The number of benzene rings is 2. The highest BCUT2D eigenvalue weighted by molar-refractivity contribution is 7.98. The molecule has 0 aliphatic carbocycles. The summed E-state index contributed by atoms with van der Waals surface area (Å²) in [7, 11) is 1.68. The molecule has 0 aliphatic rings. The summed E-state index contributed by atoms with van der Waals surface area (Å²) in [5.74, 6) is 1.82.